The Balaban J connectivity index is -0.0000000621. The number of carboxylic acids is 2. The Morgan fingerprint density at radius 3 is 1.06 bits per heavy atom. The number of hydrogen-bond acceptors (Lipinski definition) is 8. The van der Waals surface area contributed by atoms with Crippen molar-refractivity contribution in [3.63, 3.8) is 0 Å². The van der Waals surface area contributed by atoms with Gasteiger partial charge in [-0.05, 0) is 0 Å². The maximum atomic E-state index is 9.77. The Kier molecular flexibility index (Phi) is 28.8. The van der Waals surface area contributed by atoms with Gasteiger partial charge in [0.2, 0.25) is 0 Å². The molecule has 0 rings (SSSR count). The van der Waals surface area contributed by atoms with Gasteiger partial charge >= 0.3 is 122 Å². The van der Waals surface area contributed by atoms with Crippen molar-refractivity contribution in [2.45, 2.75) is 12.2 Å². The molecule has 0 amide bonds. The minimum atomic E-state index is -5.36. The molecule has 18 heavy (non-hydrogen) atoms. The summed E-state index contributed by atoms with van der Waals surface area (Å²) in [5.74, 6) is -3.54. The summed E-state index contributed by atoms with van der Waals surface area (Å²) in [7, 11) is -5.36. The van der Waals surface area contributed by atoms with Crippen LogP contribution in [-0.4, -0.2) is 58.4 Å². The van der Waals surface area contributed by atoms with Crippen LogP contribution in [0.25, 0.3) is 0 Å². The Hall–Kier alpha value is 2.55. The molecule has 0 spiro atoms. The van der Waals surface area contributed by atoms with E-state index in [4.69, 9.17) is 39.6 Å². The zero-order valence-electron chi connectivity index (χ0n) is 9.93. The first-order valence-corrected chi connectivity index (χ1v) is 4.79. The van der Waals surface area contributed by atoms with Gasteiger partial charge in [-0.2, -0.15) is 0 Å². The van der Waals surface area contributed by atoms with E-state index in [-0.39, 0.29) is 110 Å². The van der Waals surface area contributed by atoms with Crippen molar-refractivity contribution in [3.8, 4) is 0 Å². The second-order valence-electron chi connectivity index (χ2n) is 2.09. The molecule has 5 N–H and O–H groups in total. The summed E-state index contributed by atoms with van der Waals surface area (Å²) in [6.07, 6.45) is -4.53. The molecule has 0 bridgehead atoms. The van der Waals surface area contributed by atoms with Crippen molar-refractivity contribution in [3.05, 3.63) is 0 Å². The van der Waals surface area contributed by atoms with Gasteiger partial charge in [0, 0.05) is 0 Å². The molecule has 2 atom stereocenters. The number of rotatable bonds is 3. The third-order valence-corrected chi connectivity index (χ3v) is 0.805. The van der Waals surface area contributed by atoms with Crippen molar-refractivity contribution >= 4 is 21.0 Å². The quantitative estimate of drug-likeness (QED) is 0.309. The first-order valence-electron chi connectivity index (χ1n) is 3.12. The Bertz CT molecular complexity index is 210. The molecule has 0 aromatic carbocycles. The Morgan fingerprint density at radius 2 is 1.00 bits per heavy atom. The fraction of sp³-hybridized carbons (Fsp3) is 0.500. The second-order valence-corrected chi connectivity index (χ2v) is 3.14. The smallest absolute Gasteiger partial charge is 0.861 e. The molecule has 0 saturated heterocycles. The molecule has 0 aromatic rings. The molecule has 0 radical (unpaired) electrons. The molecular formula is C4H7KNa2O10Si. The number of hydrogen-bond donors (Lipinski definition) is 5. The van der Waals surface area contributed by atoms with E-state index >= 15 is 0 Å². The molecule has 0 aliphatic rings. The number of carboxylic acid groups (broad SMARTS) is 2. The molecule has 14 heteroatoms. The molecule has 0 aliphatic carbocycles. The minimum absolute atomic E-state index is 0. The van der Waals surface area contributed by atoms with Crippen molar-refractivity contribution < 1.29 is 160 Å². The van der Waals surface area contributed by atoms with E-state index in [1.165, 1.54) is 0 Å². The number of aliphatic hydroxyl groups is 2. The topological polar surface area (TPSA) is 204 Å². The van der Waals surface area contributed by atoms with Crippen LogP contribution in [-0.2, 0) is 9.59 Å². The first kappa shape index (κ1) is 32.5. The molecule has 2 unspecified atom stereocenters. The van der Waals surface area contributed by atoms with Crippen molar-refractivity contribution in [1.82, 2.24) is 0 Å². The standard InChI is InChI=1S/C4H6O6.K.2Na.HO4Si/c5-1(3(7)8)2(6)4(9)10;;;;1-5(2,3)4/h1-2,5-6H,(H,7,8)(H,9,10);;;;1H/q;3*+1;-3. The van der Waals surface area contributed by atoms with E-state index in [9.17, 15) is 9.59 Å². The van der Waals surface area contributed by atoms with Crippen LogP contribution in [0, 0.1) is 0 Å². The molecule has 0 fully saturated rings. The number of aliphatic carboxylic acids is 2. The summed E-state index contributed by atoms with van der Waals surface area (Å²) in [6, 6.07) is 0. The van der Waals surface area contributed by atoms with Gasteiger partial charge in [-0.3, -0.25) is 0 Å². The monoisotopic (exact) mass is 328 g/mol. The van der Waals surface area contributed by atoms with Crippen LogP contribution in [0.5, 0.6) is 0 Å². The molecule has 90 valence electrons. The van der Waals surface area contributed by atoms with Crippen molar-refractivity contribution in [1.29, 1.82) is 0 Å². The number of aliphatic hydroxyl groups excluding tert-OH is 2. The first-order chi connectivity index (χ1) is 6.46. The largest absolute Gasteiger partial charge is 1.00 e. The van der Waals surface area contributed by atoms with Gasteiger partial charge in [0.25, 0.3) is 0 Å². The fourth-order valence-electron chi connectivity index (χ4n) is 0.270. The molecular weight excluding hydrogens is 321 g/mol. The Labute approximate surface area is 189 Å². The van der Waals surface area contributed by atoms with Crippen LogP contribution in [0.1, 0.15) is 0 Å². The van der Waals surface area contributed by atoms with Crippen molar-refractivity contribution in [2.24, 2.45) is 0 Å². The van der Waals surface area contributed by atoms with Gasteiger partial charge in [-0.15, -0.1) is 9.05 Å². The van der Waals surface area contributed by atoms with E-state index in [0.717, 1.165) is 0 Å². The summed E-state index contributed by atoms with van der Waals surface area (Å²) in [5, 5.41) is 32.5. The zero-order valence-corrected chi connectivity index (χ0v) is 18.1. The molecule has 10 nitrogen and oxygen atoms in total. The van der Waals surface area contributed by atoms with E-state index in [1.54, 1.807) is 0 Å². The summed E-state index contributed by atoms with van der Waals surface area (Å²) >= 11 is 0. The van der Waals surface area contributed by atoms with Crippen LogP contribution < -0.4 is 125 Å². The summed E-state index contributed by atoms with van der Waals surface area (Å²) in [4.78, 5) is 52.6. The number of carbonyl (C=O) groups is 2. The van der Waals surface area contributed by atoms with E-state index < -0.39 is 33.2 Å². The normalized spacial score (nSPS) is 12.1. The SMILES string of the molecule is O=C(O)C(O)C(O)C(=O)O.[K+].[Na+].[Na+].[O-][Si]([O-])([O-])O. The van der Waals surface area contributed by atoms with Crippen molar-refractivity contribution in [2.75, 3.05) is 0 Å². The average Bonchev–Trinajstić information content (AvgIpc) is 1.98. The van der Waals surface area contributed by atoms with Gasteiger partial charge in [0.05, 0.1) is 0 Å². The van der Waals surface area contributed by atoms with Gasteiger partial charge in [-0.25, -0.2) is 9.59 Å². The van der Waals surface area contributed by atoms with E-state index in [1.807, 2.05) is 0 Å². The van der Waals surface area contributed by atoms with Gasteiger partial charge in [-0.1, -0.05) is 0 Å². The predicted octanol–water partition coefficient (Wildman–Crippen LogP) is -15.6. The third-order valence-electron chi connectivity index (χ3n) is 0.805. The van der Waals surface area contributed by atoms with Crippen LogP contribution in [0.2, 0.25) is 0 Å². The van der Waals surface area contributed by atoms with Gasteiger partial charge in [0.15, 0.2) is 12.2 Å². The molecule has 0 heterocycles. The molecule has 0 saturated carbocycles. The summed E-state index contributed by atoms with van der Waals surface area (Å²) in [5.41, 5.74) is 0. The van der Waals surface area contributed by atoms with Gasteiger partial charge < -0.3 is 39.6 Å². The van der Waals surface area contributed by atoms with Crippen LogP contribution in [0.3, 0.4) is 0 Å². The maximum absolute atomic E-state index is 9.77. The van der Waals surface area contributed by atoms with Crippen LogP contribution >= 0.6 is 0 Å². The fourth-order valence-corrected chi connectivity index (χ4v) is 0.270. The average molecular weight is 328 g/mol. The maximum Gasteiger partial charge on any atom is 1.00 e. The van der Waals surface area contributed by atoms with Gasteiger partial charge in [0.1, 0.15) is 0 Å². The summed E-state index contributed by atoms with van der Waals surface area (Å²) in [6.45, 7) is 0. The van der Waals surface area contributed by atoms with E-state index in [2.05, 4.69) is 0 Å². The Morgan fingerprint density at radius 1 is 0.889 bits per heavy atom. The second kappa shape index (κ2) is 15.9. The zero-order chi connectivity index (χ0) is 12.8. The van der Waals surface area contributed by atoms with E-state index in [0.29, 0.717) is 0 Å². The molecule has 0 aliphatic heterocycles. The summed E-state index contributed by atoms with van der Waals surface area (Å²) < 4.78 is 0. The molecule has 0 aromatic heterocycles. The van der Waals surface area contributed by atoms with Crippen LogP contribution in [0.4, 0.5) is 0 Å². The predicted molar refractivity (Wildman–Crippen MR) is 35.3 cm³/mol. The van der Waals surface area contributed by atoms with Crippen LogP contribution in [0.15, 0.2) is 0 Å². The third kappa shape index (κ3) is 27.0. The minimum Gasteiger partial charge on any atom is -0.861 e.